The lowest BCUT2D eigenvalue weighted by Crippen LogP contribution is -2.01. The number of rotatable bonds is 2. The van der Waals surface area contributed by atoms with E-state index in [1.54, 1.807) is 11.7 Å². The van der Waals surface area contributed by atoms with E-state index in [4.69, 9.17) is 15.7 Å². The Morgan fingerprint density at radius 2 is 2.19 bits per heavy atom. The van der Waals surface area contributed by atoms with Gasteiger partial charge in [0, 0.05) is 0 Å². The van der Waals surface area contributed by atoms with Crippen molar-refractivity contribution in [2.75, 3.05) is 12.8 Å². The van der Waals surface area contributed by atoms with Crippen molar-refractivity contribution >= 4 is 5.82 Å². The van der Waals surface area contributed by atoms with Gasteiger partial charge in [0.15, 0.2) is 5.69 Å². The van der Waals surface area contributed by atoms with Crippen LogP contribution in [-0.4, -0.2) is 16.7 Å². The van der Waals surface area contributed by atoms with Crippen molar-refractivity contribution in [2.24, 2.45) is 0 Å². The van der Waals surface area contributed by atoms with Crippen molar-refractivity contribution < 1.29 is 4.74 Å². The predicted molar refractivity (Wildman–Crippen MR) is 59.2 cm³/mol. The summed E-state index contributed by atoms with van der Waals surface area (Å²) in [7, 11) is 1.58. The van der Waals surface area contributed by atoms with Gasteiger partial charge in [-0.3, -0.25) is 4.57 Å². The number of anilines is 1. The van der Waals surface area contributed by atoms with Crippen molar-refractivity contribution in [3.63, 3.8) is 0 Å². The van der Waals surface area contributed by atoms with E-state index < -0.39 is 0 Å². The molecule has 2 aromatic rings. The van der Waals surface area contributed by atoms with E-state index >= 15 is 0 Å². The lowest BCUT2D eigenvalue weighted by molar-refractivity contribution is 0.413. The number of imidazole rings is 1. The van der Waals surface area contributed by atoms with Gasteiger partial charge < -0.3 is 10.5 Å². The molecule has 0 saturated heterocycles. The lowest BCUT2D eigenvalue weighted by atomic mass is 10.3. The number of hydrogen-bond donors (Lipinski definition) is 1. The van der Waals surface area contributed by atoms with Crippen LogP contribution in [0.15, 0.2) is 30.6 Å². The number of nitrogens with zero attached hydrogens (tertiary/aromatic N) is 3. The zero-order valence-corrected chi connectivity index (χ0v) is 8.71. The van der Waals surface area contributed by atoms with Gasteiger partial charge in [-0.2, -0.15) is 5.26 Å². The largest absolute Gasteiger partial charge is 0.495 e. The summed E-state index contributed by atoms with van der Waals surface area (Å²) in [4.78, 5) is 3.91. The van der Waals surface area contributed by atoms with Crippen LogP contribution in [0.25, 0.3) is 5.69 Å². The minimum Gasteiger partial charge on any atom is -0.495 e. The van der Waals surface area contributed by atoms with Crippen LogP contribution < -0.4 is 10.5 Å². The zero-order valence-electron chi connectivity index (χ0n) is 8.71. The molecule has 0 aliphatic rings. The number of nitriles is 1. The molecular weight excluding hydrogens is 204 g/mol. The Morgan fingerprint density at radius 1 is 1.44 bits per heavy atom. The molecule has 80 valence electrons. The number of para-hydroxylation sites is 2. The third kappa shape index (κ3) is 1.46. The number of methoxy groups -OCH3 is 1. The lowest BCUT2D eigenvalue weighted by Gasteiger charge is -2.09. The van der Waals surface area contributed by atoms with E-state index in [-0.39, 0.29) is 5.69 Å². The van der Waals surface area contributed by atoms with Gasteiger partial charge in [0.25, 0.3) is 0 Å². The first-order valence-corrected chi connectivity index (χ1v) is 4.64. The number of nitrogen functional groups attached to an aromatic ring is 1. The maximum absolute atomic E-state index is 8.77. The molecule has 0 amide bonds. The Hall–Kier alpha value is -2.48. The highest BCUT2D eigenvalue weighted by atomic mass is 16.5. The smallest absolute Gasteiger partial charge is 0.182 e. The maximum atomic E-state index is 8.77. The molecular formula is C11H10N4O. The van der Waals surface area contributed by atoms with Crippen LogP contribution >= 0.6 is 0 Å². The predicted octanol–water partition coefficient (Wildman–Crippen LogP) is 1.33. The Bertz CT molecular complexity index is 553. The molecule has 0 aliphatic heterocycles. The van der Waals surface area contributed by atoms with Crippen LogP contribution in [0.5, 0.6) is 5.75 Å². The van der Waals surface area contributed by atoms with Gasteiger partial charge >= 0.3 is 0 Å². The van der Waals surface area contributed by atoms with Gasteiger partial charge in [0.2, 0.25) is 0 Å². The minimum absolute atomic E-state index is 0.214. The molecule has 2 N–H and O–H groups in total. The summed E-state index contributed by atoms with van der Waals surface area (Å²) in [6.45, 7) is 0. The molecule has 1 aromatic heterocycles. The summed E-state index contributed by atoms with van der Waals surface area (Å²) >= 11 is 0. The van der Waals surface area contributed by atoms with Gasteiger partial charge in [-0.15, -0.1) is 0 Å². The summed E-state index contributed by atoms with van der Waals surface area (Å²) in [5.74, 6) is 0.989. The molecule has 0 aliphatic carbocycles. The highest BCUT2D eigenvalue weighted by Crippen LogP contribution is 2.25. The third-order valence-corrected chi connectivity index (χ3v) is 2.26. The summed E-state index contributed by atoms with van der Waals surface area (Å²) in [6, 6.07) is 9.32. The SMILES string of the molecule is COc1ccccc1-n1cnc(C#N)c1N. The molecule has 0 saturated carbocycles. The van der Waals surface area contributed by atoms with E-state index in [2.05, 4.69) is 4.98 Å². The van der Waals surface area contributed by atoms with Crippen molar-refractivity contribution in [1.29, 1.82) is 5.26 Å². The van der Waals surface area contributed by atoms with Crippen LogP contribution in [0.3, 0.4) is 0 Å². The topological polar surface area (TPSA) is 76.9 Å². The molecule has 1 heterocycles. The van der Waals surface area contributed by atoms with Gasteiger partial charge in [-0.25, -0.2) is 4.98 Å². The molecule has 0 spiro atoms. The average molecular weight is 214 g/mol. The maximum Gasteiger partial charge on any atom is 0.182 e. The number of aromatic nitrogens is 2. The Morgan fingerprint density at radius 3 is 2.81 bits per heavy atom. The molecule has 0 atom stereocenters. The van der Waals surface area contributed by atoms with Crippen LogP contribution in [0.2, 0.25) is 0 Å². The van der Waals surface area contributed by atoms with Crippen molar-refractivity contribution in [2.45, 2.75) is 0 Å². The number of nitrogens with two attached hydrogens (primary N) is 1. The van der Waals surface area contributed by atoms with Crippen molar-refractivity contribution in [3.05, 3.63) is 36.3 Å². The number of benzene rings is 1. The third-order valence-electron chi connectivity index (χ3n) is 2.26. The normalized spacial score (nSPS) is 9.75. The van der Waals surface area contributed by atoms with Crippen molar-refractivity contribution in [1.82, 2.24) is 9.55 Å². The molecule has 0 bridgehead atoms. The fourth-order valence-corrected chi connectivity index (χ4v) is 1.46. The van der Waals surface area contributed by atoms with Gasteiger partial charge in [-0.1, -0.05) is 12.1 Å². The monoisotopic (exact) mass is 214 g/mol. The molecule has 5 heteroatoms. The molecule has 0 fully saturated rings. The molecule has 0 unspecified atom stereocenters. The van der Waals surface area contributed by atoms with Gasteiger partial charge in [0.05, 0.1) is 12.8 Å². The molecule has 0 radical (unpaired) electrons. The second-order valence-electron chi connectivity index (χ2n) is 3.13. The van der Waals surface area contributed by atoms with Crippen LogP contribution in [0.4, 0.5) is 5.82 Å². The Kier molecular flexibility index (Phi) is 2.48. The van der Waals surface area contributed by atoms with Crippen LogP contribution in [0.1, 0.15) is 5.69 Å². The standard InChI is InChI=1S/C11H10N4O/c1-16-10-5-3-2-4-9(10)15-7-14-8(6-12)11(15)13/h2-5,7H,13H2,1H3. The van der Waals surface area contributed by atoms with E-state index in [1.165, 1.54) is 6.33 Å². The molecule has 5 nitrogen and oxygen atoms in total. The first-order chi connectivity index (χ1) is 7.77. The highest BCUT2D eigenvalue weighted by molar-refractivity contribution is 5.55. The summed E-state index contributed by atoms with van der Waals surface area (Å²) in [6.07, 6.45) is 1.51. The fraction of sp³-hybridized carbons (Fsp3) is 0.0909. The van der Waals surface area contributed by atoms with Crippen LogP contribution in [0, 0.1) is 11.3 Å². The van der Waals surface area contributed by atoms with E-state index in [1.807, 2.05) is 30.3 Å². The quantitative estimate of drug-likeness (QED) is 0.818. The molecule has 1 aromatic carbocycles. The summed E-state index contributed by atoms with van der Waals surface area (Å²) < 4.78 is 6.83. The Balaban J connectivity index is 2.59. The molecule has 2 rings (SSSR count). The zero-order chi connectivity index (χ0) is 11.5. The first-order valence-electron chi connectivity index (χ1n) is 4.64. The Labute approximate surface area is 92.7 Å². The van der Waals surface area contributed by atoms with Crippen molar-refractivity contribution in [3.8, 4) is 17.5 Å². The first kappa shape index (κ1) is 10.1. The summed E-state index contributed by atoms with van der Waals surface area (Å²) in [5, 5.41) is 8.77. The second kappa shape index (κ2) is 3.95. The minimum atomic E-state index is 0.214. The number of ether oxygens (including phenoxy) is 1. The van der Waals surface area contributed by atoms with Gasteiger partial charge in [-0.05, 0) is 12.1 Å². The van der Waals surface area contributed by atoms with E-state index in [0.717, 1.165) is 5.69 Å². The number of hydrogen-bond acceptors (Lipinski definition) is 4. The van der Waals surface area contributed by atoms with Gasteiger partial charge in [0.1, 0.15) is 24.0 Å². The summed E-state index contributed by atoms with van der Waals surface area (Å²) in [5.41, 5.74) is 6.77. The van der Waals surface area contributed by atoms with E-state index in [9.17, 15) is 0 Å². The highest BCUT2D eigenvalue weighted by Gasteiger charge is 2.11. The average Bonchev–Trinajstić information content (AvgIpc) is 2.70. The van der Waals surface area contributed by atoms with Crippen LogP contribution in [-0.2, 0) is 0 Å². The fourth-order valence-electron chi connectivity index (χ4n) is 1.46. The molecule has 16 heavy (non-hydrogen) atoms. The van der Waals surface area contributed by atoms with E-state index in [0.29, 0.717) is 11.6 Å². The second-order valence-corrected chi connectivity index (χ2v) is 3.13.